The minimum atomic E-state index is 0.479. The Bertz CT molecular complexity index is 676. The number of rotatable bonds is 1. The first-order valence-corrected chi connectivity index (χ1v) is 5.80. The minimum Gasteiger partial charge on any atom is -0.436 e. The van der Waals surface area contributed by atoms with E-state index in [1.165, 1.54) is 0 Å². The number of hydrogen-bond acceptors (Lipinski definition) is 4. The maximum Gasteiger partial charge on any atom is 0.228 e. The van der Waals surface area contributed by atoms with Crippen LogP contribution in [0, 0.1) is 0 Å². The molecule has 0 spiro atoms. The maximum absolute atomic E-state index is 5.64. The number of nitrogens with two attached hydrogens (primary N) is 1. The minimum absolute atomic E-state index is 0.479. The van der Waals surface area contributed by atoms with E-state index < -0.39 is 0 Å². The third kappa shape index (κ3) is 1.89. The Kier molecular flexibility index (Phi) is 2.33. The third-order valence-electron chi connectivity index (χ3n) is 2.38. The Morgan fingerprint density at radius 2 is 2.06 bits per heavy atom. The highest BCUT2D eigenvalue weighted by atomic mass is 79.9. The van der Waals surface area contributed by atoms with Gasteiger partial charge in [-0.1, -0.05) is 15.9 Å². The number of anilines is 1. The molecule has 0 radical (unpaired) electrons. The molecule has 0 unspecified atom stereocenters. The highest BCUT2D eigenvalue weighted by Crippen LogP contribution is 2.26. The van der Waals surface area contributed by atoms with Crippen molar-refractivity contribution in [2.24, 2.45) is 0 Å². The molecule has 2 N–H and O–H groups in total. The third-order valence-corrected chi connectivity index (χ3v) is 2.88. The fourth-order valence-electron chi connectivity index (χ4n) is 1.56. The van der Waals surface area contributed by atoms with Crippen molar-refractivity contribution in [1.82, 2.24) is 9.97 Å². The van der Waals surface area contributed by atoms with E-state index in [1.807, 2.05) is 24.3 Å². The van der Waals surface area contributed by atoms with Gasteiger partial charge in [0.25, 0.3) is 0 Å². The number of nitrogen functional groups attached to an aromatic ring is 1. The topological polar surface area (TPSA) is 64.9 Å². The predicted octanol–water partition coefficient (Wildman–Crippen LogP) is 3.23. The van der Waals surface area contributed by atoms with Crippen molar-refractivity contribution in [3.05, 3.63) is 41.0 Å². The highest BCUT2D eigenvalue weighted by molar-refractivity contribution is 9.10. The number of halogens is 1. The smallest absolute Gasteiger partial charge is 0.228 e. The van der Waals surface area contributed by atoms with Gasteiger partial charge in [-0.2, -0.15) is 0 Å². The van der Waals surface area contributed by atoms with E-state index >= 15 is 0 Å². The van der Waals surface area contributed by atoms with Crippen LogP contribution in [0.4, 0.5) is 5.82 Å². The first kappa shape index (κ1) is 10.3. The molecular formula is C12H8BrN3O. The lowest BCUT2D eigenvalue weighted by atomic mass is 10.3. The molecule has 0 saturated carbocycles. The summed E-state index contributed by atoms with van der Waals surface area (Å²) in [6, 6.07) is 9.26. The first-order chi connectivity index (χ1) is 8.22. The van der Waals surface area contributed by atoms with E-state index in [2.05, 4.69) is 25.9 Å². The van der Waals surface area contributed by atoms with Crippen LogP contribution < -0.4 is 5.73 Å². The molecule has 0 aliphatic heterocycles. The maximum atomic E-state index is 5.64. The Hall–Kier alpha value is -1.88. The number of nitrogens with zero attached hydrogens (tertiary/aromatic N) is 2. The van der Waals surface area contributed by atoms with Gasteiger partial charge in [-0.15, -0.1) is 0 Å². The zero-order valence-electron chi connectivity index (χ0n) is 8.72. The molecule has 84 valence electrons. The van der Waals surface area contributed by atoms with E-state index in [9.17, 15) is 0 Å². The van der Waals surface area contributed by atoms with Crippen LogP contribution in [0.1, 0.15) is 0 Å². The summed E-state index contributed by atoms with van der Waals surface area (Å²) in [5.74, 6) is 1.03. The lowest BCUT2D eigenvalue weighted by Crippen LogP contribution is -1.88. The second kappa shape index (κ2) is 3.85. The van der Waals surface area contributed by atoms with Crippen molar-refractivity contribution >= 4 is 32.8 Å². The molecule has 4 nitrogen and oxygen atoms in total. The van der Waals surface area contributed by atoms with Gasteiger partial charge in [0.15, 0.2) is 5.58 Å². The SMILES string of the molecule is Nc1ccc(-c2nc3cc(Br)ccc3o2)cn1. The molecule has 17 heavy (non-hydrogen) atoms. The van der Waals surface area contributed by atoms with Gasteiger partial charge in [-0.25, -0.2) is 9.97 Å². The molecule has 0 bridgehead atoms. The lowest BCUT2D eigenvalue weighted by Gasteiger charge is -1.94. The van der Waals surface area contributed by atoms with Crippen LogP contribution in [0.25, 0.3) is 22.6 Å². The summed E-state index contributed by atoms with van der Waals surface area (Å²) in [7, 11) is 0. The van der Waals surface area contributed by atoms with E-state index in [-0.39, 0.29) is 0 Å². The van der Waals surface area contributed by atoms with Crippen molar-refractivity contribution in [3.8, 4) is 11.5 Å². The summed E-state index contributed by atoms with van der Waals surface area (Å²) in [6.45, 7) is 0. The molecule has 3 rings (SSSR count). The molecule has 5 heteroatoms. The largest absolute Gasteiger partial charge is 0.436 e. The van der Waals surface area contributed by atoms with E-state index in [1.54, 1.807) is 12.3 Å². The zero-order chi connectivity index (χ0) is 11.8. The Morgan fingerprint density at radius 3 is 2.82 bits per heavy atom. The number of pyridine rings is 1. The number of aromatic nitrogens is 2. The quantitative estimate of drug-likeness (QED) is 0.747. The molecule has 0 saturated heterocycles. The molecule has 2 aromatic heterocycles. The summed E-state index contributed by atoms with van der Waals surface area (Å²) in [4.78, 5) is 8.41. The van der Waals surface area contributed by atoms with Gasteiger partial charge in [0.1, 0.15) is 11.3 Å². The van der Waals surface area contributed by atoms with Gasteiger partial charge < -0.3 is 10.2 Å². The van der Waals surface area contributed by atoms with Crippen molar-refractivity contribution in [2.75, 3.05) is 5.73 Å². The van der Waals surface area contributed by atoms with Gasteiger partial charge in [-0.3, -0.25) is 0 Å². The van der Waals surface area contributed by atoms with E-state index in [0.717, 1.165) is 21.1 Å². The molecule has 2 heterocycles. The standard InChI is InChI=1S/C12H8BrN3O/c13-8-2-3-10-9(5-8)16-12(17-10)7-1-4-11(14)15-6-7/h1-6H,(H2,14,15). The van der Waals surface area contributed by atoms with Gasteiger partial charge in [0, 0.05) is 10.7 Å². The number of oxazole rings is 1. The van der Waals surface area contributed by atoms with Crippen LogP contribution in [0.2, 0.25) is 0 Å². The molecule has 0 fully saturated rings. The summed E-state index contributed by atoms with van der Waals surface area (Å²) >= 11 is 3.40. The Labute approximate surface area is 106 Å². The van der Waals surface area contributed by atoms with E-state index in [4.69, 9.17) is 10.2 Å². The molecule has 0 atom stereocenters. The molecule has 0 aliphatic rings. The number of fused-ring (bicyclic) bond motifs is 1. The average Bonchev–Trinajstić information content (AvgIpc) is 2.72. The normalized spacial score (nSPS) is 10.9. The Balaban J connectivity index is 2.14. The second-order valence-electron chi connectivity index (χ2n) is 3.60. The van der Waals surface area contributed by atoms with Gasteiger partial charge in [-0.05, 0) is 30.3 Å². The summed E-state index contributed by atoms with van der Waals surface area (Å²) in [5.41, 5.74) is 7.90. The highest BCUT2D eigenvalue weighted by Gasteiger charge is 2.08. The van der Waals surface area contributed by atoms with Crippen molar-refractivity contribution in [2.45, 2.75) is 0 Å². The van der Waals surface area contributed by atoms with Crippen molar-refractivity contribution < 1.29 is 4.42 Å². The summed E-state index contributed by atoms with van der Waals surface area (Å²) < 4.78 is 6.61. The first-order valence-electron chi connectivity index (χ1n) is 5.00. The summed E-state index contributed by atoms with van der Waals surface area (Å²) in [5, 5.41) is 0. The summed E-state index contributed by atoms with van der Waals surface area (Å²) in [6.07, 6.45) is 1.65. The van der Waals surface area contributed by atoms with Crippen LogP contribution in [-0.2, 0) is 0 Å². The van der Waals surface area contributed by atoms with Crippen LogP contribution in [-0.4, -0.2) is 9.97 Å². The molecule has 1 aromatic carbocycles. The van der Waals surface area contributed by atoms with Crippen LogP contribution in [0.5, 0.6) is 0 Å². The molecule has 0 amide bonds. The fraction of sp³-hybridized carbons (Fsp3) is 0. The zero-order valence-corrected chi connectivity index (χ0v) is 10.3. The van der Waals surface area contributed by atoms with Crippen LogP contribution in [0.3, 0.4) is 0 Å². The van der Waals surface area contributed by atoms with Crippen molar-refractivity contribution in [1.29, 1.82) is 0 Å². The van der Waals surface area contributed by atoms with Crippen molar-refractivity contribution in [3.63, 3.8) is 0 Å². The average molecular weight is 290 g/mol. The lowest BCUT2D eigenvalue weighted by molar-refractivity contribution is 0.619. The molecule has 3 aromatic rings. The van der Waals surface area contributed by atoms with Gasteiger partial charge >= 0.3 is 0 Å². The van der Waals surface area contributed by atoms with Crippen LogP contribution >= 0.6 is 15.9 Å². The molecular weight excluding hydrogens is 282 g/mol. The number of hydrogen-bond donors (Lipinski definition) is 1. The Morgan fingerprint density at radius 1 is 1.18 bits per heavy atom. The number of benzene rings is 1. The second-order valence-corrected chi connectivity index (χ2v) is 4.52. The molecule has 0 aliphatic carbocycles. The fourth-order valence-corrected chi connectivity index (χ4v) is 1.90. The van der Waals surface area contributed by atoms with Gasteiger partial charge in [0.05, 0.1) is 5.56 Å². The monoisotopic (exact) mass is 289 g/mol. The predicted molar refractivity (Wildman–Crippen MR) is 69.4 cm³/mol. The van der Waals surface area contributed by atoms with Crippen LogP contribution in [0.15, 0.2) is 45.4 Å². The van der Waals surface area contributed by atoms with Gasteiger partial charge in [0.2, 0.25) is 5.89 Å². The van der Waals surface area contributed by atoms with E-state index in [0.29, 0.717) is 11.7 Å².